The molecular formula is C16H30N2S. The molecule has 1 aromatic rings. The third kappa shape index (κ3) is 4.88. The Morgan fingerprint density at radius 1 is 1.21 bits per heavy atom. The van der Waals surface area contributed by atoms with Crippen LogP contribution in [0.1, 0.15) is 64.6 Å². The molecule has 0 atom stereocenters. The summed E-state index contributed by atoms with van der Waals surface area (Å²) in [7, 11) is 0. The smallest absolute Gasteiger partial charge is 0.113 e. The fourth-order valence-corrected chi connectivity index (χ4v) is 3.81. The minimum Gasteiger partial charge on any atom is -0.305 e. The van der Waals surface area contributed by atoms with E-state index in [1.807, 2.05) is 11.3 Å². The summed E-state index contributed by atoms with van der Waals surface area (Å²) >= 11 is 1.82. The van der Waals surface area contributed by atoms with Crippen molar-refractivity contribution in [2.24, 2.45) is 11.8 Å². The molecule has 0 aliphatic carbocycles. The maximum atomic E-state index is 4.80. The monoisotopic (exact) mass is 282 g/mol. The summed E-state index contributed by atoms with van der Waals surface area (Å²) in [6.45, 7) is 14.6. The topological polar surface area (TPSA) is 24.9 Å². The lowest BCUT2D eigenvalue weighted by Crippen LogP contribution is -2.45. The zero-order valence-electron chi connectivity index (χ0n) is 13.4. The maximum absolute atomic E-state index is 4.80. The Bertz CT molecular complexity index is 359. The Balaban J connectivity index is 3.08. The first kappa shape index (κ1) is 16.6. The second kappa shape index (κ2) is 7.39. The van der Waals surface area contributed by atoms with Gasteiger partial charge in [0.05, 0.1) is 5.54 Å². The molecule has 110 valence electrons. The van der Waals surface area contributed by atoms with Crippen LogP contribution < -0.4 is 5.32 Å². The summed E-state index contributed by atoms with van der Waals surface area (Å²) in [5.41, 5.74) is 1.22. The summed E-state index contributed by atoms with van der Waals surface area (Å²) in [6.07, 6.45) is 3.50. The molecule has 0 aliphatic rings. The highest BCUT2D eigenvalue weighted by atomic mass is 32.1. The number of aromatic nitrogens is 1. The van der Waals surface area contributed by atoms with Crippen molar-refractivity contribution in [1.29, 1.82) is 0 Å². The van der Waals surface area contributed by atoms with Crippen LogP contribution in [0.15, 0.2) is 5.38 Å². The fourth-order valence-electron chi connectivity index (χ4n) is 2.81. The van der Waals surface area contributed by atoms with Crippen LogP contribution >= 0.6 is 11.3 Å². The molecular weight excluding hydrogens is 252 g/mol. The zero-order chi connectivity index (χ0) is 14.5. The van der Waals surface area contributed by atoms with Gasteiger partial charge in [0, 0.05) is 11.1 Å². The van der Waals surface area contributed by atoms with Crippen molar-refractivity contribution in [2.75, 3.05) is 6.54 Å². The van der Waals surface area contributed by atoms with Crippen LogP contribution in [-0.4, -0.2) is 11.5 Å². The molecule has 1 N–H and O–H groups in total. The highest BCUT2D eigenvalue weighted by Crippen LogP contribution is 2.36. The molecule has 0 radical (unpaired) electrons. The predicted molar refractivity (Wildman–Crippen MR) is 85.7 cm³/mol. The lowest BCUT2D eigenvalue weighted by atomic mass is 9.82. The molecule has 2 nitrogen and oxygen atoms in total. The van der Waals surface area contributed by atoms with Gasteiger partial charge in [-0.05, 0) is 44.6 Å². The van der Waals surface area contributed by atoms with Gasteiger partial charge in [-0.25, -0.2) is 4.98 Å². The van der Waals surface area contributed by atoms with E-state index < -0.39 is 0 Å². The van der Waals surface area contributed by atoms with Gasteiger partial charge in [-0.2, -0.15) is 0 Å². The summed E-state index contributed by atoms with van der Waals surface area (Å²) in [5, 5.41) is 7.28. The number of hydrogen-bond acceptors (Lipinski definition) is 3. The maximum Gasteiger partial charge on any atom is 0.113 e. The summed E-state index contributed by atoms with van der Waals surface area (Å²) < 4.78 is 0. The predicted octanol–water partition coefficient (Wildman–Crippen LogP) is 4.74. The Kier molecular flexibility index (Phi) is 6.48. The Morgan fingerprint density at radius 3 is 2.16 bits per heavy atom. The molecule has 0 bridgehead atoms. The van der Waals surface area contributed by atoms with Gasteiger partial charge in [-0.15, -0.1) is 11.3 Å². The number of nitrogens with one attached hydrogen (secondary N) is 1. The largest absolute Gasteiger partial charge is 0.305 e. The van der Waals surface area contributed by atoms with Crippen LogP contribution in [0.25, 0.3) is 0 Å². The van der Waals surface area contributed by atoms with E-state index in [9.17, 15) is 0 Å². The Morgan fingerprint density at radius 2 is 1.79 bits per heavy atom. The highest BCUT2D eigenvalue weighted by Gasteiger charge is 2.35. The molecule has 0 aliphatic heterocycles. The summed E-state index contributed by atoms with van der Waals surface area (Å²) in [4.78, 5) is 4.80. The van der Waals surface area contributed by atoms with Gasteiger partial charge < -0.3 is 5.32 Å². The van der Waals surface area contributed by atoms with E-state index in [-0.39, 0.29) is 5.54 Å². The average Bonchev–Trinajstić information content (AvgIpc) is 2.71. The molecule has 19 heavy (non-hydrogen) atoms. The minimum absolute atomic E-state index is 0.0667. The van der Waals surface area contributed by atoms with Crippen LogP contribution in [0.4, 0.5) is 0 Å². The van der Waals surface area contributed by atoms with Crippen LogP contribution in [0.3, 0.4) is 0 Å². The van der Waals surface area contributed by atoms with Gasteiger partial charge in [0.15, 0.2) is 0 Å². The Labute approximate surface area is 123 Å². The molecule has 0 fully saturated rings. The van der Waals surface area contributed by atoms with E-state index in [1.165, 1.54) is 11.4 Å². The first-order chi connectivity index (χ1) is 8.89. The molecule has 0 unspecified atom stereocenters. The van der Waals surface area contributed by atoms with Crippen molar-refractivity contribution >= 4 is 11.3 Å². The first-order valence-electron chi connectivity index (χ1n) is 7.57. The van der Waals surface area contributed by atoms with E-state index in [0.29, 0.717) is 11.8 Å². The van der Waals surface area contributed by atoms with E-state index in [0.717, 1.165) is 25.1 Å². The van der Waals surface area contributed by atoms with Crippen molar-refractivity contribution in [3.05, 3.63) is 16.1 Å². The molecule has 1 aromatic heterocycles. The highest BCUT2D eigenvalue weighted by molar-refractivity contribution is 7.09. The standard InChI is InChI=1S/C16H30N2S/c1-7-8-17-16(9-12(2)3,10-13(4)5)15-18-14(6)11-19-15/h11-13,17H,7-10H2,1-6H3. The van der Waals surface area contributed by atoms with Crippen LogP contribution in [0.2, 0.25) is 0 Å². The van der Waals surface area contributed by atoms with E-state index in [1.54, 1.807) is 0 Å². The lowest BCUT2D eigenvalue weighted by Gasteiger charge is -2.36. The molecule has 0 aromatic carbocycles. The van der Waals surface area contributed by atoms with Gasteiger partial charge >= 0.3 is 0 Å². The lowest BCUT2D eigenvalue weighted by molar-refractivity contribution is 0.224. The number of nitrogens with zero attached hydrogens (tertiary/aromatic N) is 1. The first-order valence-corrected chi connectivity index (χ1v) is 8.45. The van der Waals surface area contributed by atoms with Crippen LogP contribution in [-0.2, 0) is 5.54 Å². The van der Waals surface area contributed by atoms with Crippen LogP contribution in [0.5, 0.6) is 0 Å². The summed E-state index contributed by atoms with van der Waals surface area (Å²) in [5.74, 6) is 1.35. The van der Waals surface area contributed by atoms with Crippen molar-refractivity contribution < 1.29 is 0 Å². The zero-order valence-corrected chi connectivity index (χ0v) is 14.2. The third-order valence-corrected chi connectivity index (χ3v) is 4.42. The Hall–Kier alpha value is -0.410. The molecule has 0 saturated carbocycles. The average molecular weight is 282 g/mol. The SMILES string of the molecule is CCCNC(CC(C)C)(CC(C)C)c1nc(C)cs1. The summed E-state index contributed by atoms with van der Waals surface area (Å²) in [6, 6.07) is 0. The van der Waals surface area contributed by atoms with Crippen molar-refractivity contribution in [2.45, 2.75) is 66.3 Å². The number of thiazole rings is 1. The third-order valence-electron chi connectivity index (χ3n) is 3.26. The molecule has 0 saturated heterocycles. The van der Waals surface area contributed by atoms with E-state index in [2.05, 4.69) is 52.2 Å². The van der Waals surface area contributed by atoms with Crippen molar-refractivity contribution in [1.82, 2.24) is 10.3 Å². The van der Waals surface area contributed by atoms with Gasteiger partial charge in [0.2, 0.25) is 0 Å². The van der Waals surface area contributed by atoms with Gasteiger partial charge in [-0.3, -0.25) is 0 Å². The van der Waals surface area contributed by atoms with E-state index >= 15 is 0 Å². The quantitative estimate of drug-likeness (QED) is 0.745. The van der Waals surface area contributed by atoms with Crippen LogP contribution in [0, 0.1) is 18.8 Å². The normalized spacial score (nSPS) is 12.6. The molecule has 1 rings (SSSR count). The van der Waals surface area contributed by atoms with Gasteiger partial charge in [-0.1, -0.05) is 34.6 Å². The van der Waals surface area contributed by atoms with Crippen molar-refractivity contribution in [3.8, 4) is 0 Å². The molecule has 1 heterocycles. The minimum atomic E-state index is 0.0667. The second-order valence-corrected chi connectivity index (χ2v) is 7.36. The molecule has 0 spiro atoms. The molecule has 0 amide bonds. The fraction of sp³-hybridized carbons (Fsp3) is 0.812. The molecule has 3 heteroatoms. The van der Waals surface area contributed by atoms with E-state index in [4.69, 9.17) is 4.98 Å². The van der Waals surface area contributed by atoms with Gasteiger partial charge in [0.1, 0.15) is 5.01 Å². The number of hydrogen-bond donors (Lipinski definition) is 1. The second-order valence-electron chi connectivity index (χ2n) is 6.50. The van der Waals surface area contributed by atoms with Gasteiger partial charge in [0.25, 0.3) is 0 Å². The van der Waals surface area contributed by atoms with Crippen molar-refractivity contribution in [3.63, 3.8) is 0 Å². The number of aryl methyl sites for hydroxylation is 1. The number of rotatable bonds is 8.